The van der Waals surface area contributed by atoms with Crippen molar-refractivity contribution >= 4 is 12.8 Å². The van der Waals surface area contributed by atoms with Gasteiger partial charge in [-0.1, -0.05) is 6.07 Å². The number of hydrogen-bond acceptors (Lipinski definition) is 3. The number of carbonyl (C=O) groups is 1. The summed E-state index contributed by atoms with van der Waals surface area (Å²) in [5.41, 5.74) is 0.828. The number of hydrogen-bond donors (Lipinski definition) is 0. The third-order valence-electron chi connectivity index (χ3n) is 1.21. The fourth-order valence-electron chi connectivity index (χ4n) is 0.674. The molecular formula is C8H8N2O2. The fourth-order valence-corrected chi connectivity index (χ4v) is 0.674. The van der Waals surface area contributed by atoms with Crippen LogP contribution in [0.15, 0.2) is 29.5 Å². The highest BCUT2D eigenvalue weighted by Crippen LogP contribution is 1.98. The zero-order valence-corrected chi connectivity index (χ0v) is 6.43. The van der Waals surface area contributed by atoms with E-state index in [-0.39, 0.29) is 6.61 Å². The highest BCUT2D eigenvalue weighted by Gasteiger charge is 1.97. The predicted octanol–water partition coefficient (Wildman–Crippen LogP) is 1.42. The molecule has 4 nitrogen and oxygen atoms in total. The Morgan fingerprint density at radius 2 is 2.58 bits per heavy atom. The molecule has 0 aliphatic heterocycles. The molecule has 0 fully saturated rings. The first-order valence-corrected chi connectivity index (χ1v) is 3.35. The number of carbonyl (C=O) groups excluding carboxylic acids is 1. The molecule has 1 rings (SSSR count). The number of ether oxygens (including phenoxy) is 1. The third kappa shape index (κ3) is 2.49. The molecule has 0 aliphatic rings. The van der Waals surface area contributed by atoms with Crippen molar-refractivity contribution in [1.29, 1.82) is 0 Å². The number of rotatable bonds is 2. The number of amides is 1. The van der Waals surface area contributed by atoms with E-state index < -0.39 is 6.09 Å². The molecule has 0 aliphatic carbocycles. The van der Waals surface area contributed by atoms with Gasteiger partial charge in [0.05, 0.1) is 0 Å². The number of aromatic nitrogens is 1. The Morgan fingerprint density at radius 1 is 1.75 bits per heavy atom. The largest absolute Gasteiger partial charge is 0.443 e. The Kier molecular flexibility index (Phi) is 2.95. The van der Waals surface area contributed by atoms with Gasteiger partial charge in [0.2, 0.25) is 0 Å². The van der Waals surface area contributed by atoms with Crippen molar-refractivity contribution in [2.45, 2.75) is 6.61 Å². The Balaban J connectivity index is 2.43. The molecule has 4 heteroatoms. The minimum absolute atomic E-state index is 0.186. The molecule has 1 aromatic rings. The molecule has 0 aromatic carbocycles. The lowest BCUT2D eigenvalue weighted by molar-refractivity contribution is 0.151. The first kappa shape index (κ1) is 8.39. The standard InChI is InChI=1S/C8H8N2O2/c1-9-8(11)12-6-7-3-2-4-10-5-7/h2-5H,1,6H2. The molecule has 0 atom stereocenters. The van der Waals surface area contributed by atoms with E-state index in [0.29, 0.717) is 0 Å². The second-order valence-electron chi connectivity index (χ2n) is 2.07. The minimum atomic E-state index is -0.668. The minimum Gasteiger partial charge on any atom is -0.443 e. The summed E-state index contributed by atoms with van der Waals surface area (Å²) >= 11 is 0. The summed E-state index contributed by atoms with van der Waals surface area (Å²) in [6, 6.07) is 3.58. The molecule has 1 heterocycles. The fraction of sp³-hybridized carbons (Fsp3) is 0.125. The maximum atomic E-state index is 10.5. The van der Waals surface area contributed by atoms with Crippen molar-refractivity contribution in [1.82, 2.24) is 4.98 Å². The molecule has 0 saturated carbocycles. The van der Waals surface area contributed by atoms with Crippen LogP contribution in [-0.2, 0) is 11.3 Å². The van der Waals surface area contributed by atoms with E-state index in [1.165, 1.54) is 0 Å². The van der Waals surface area contributed by atoms with E-state index in [1.807, 2.05) is 6.07 Å². The van der Waals surface area contributed by atoms with Gasteiger partial charge in [0.15, 0.2) is 0 Å². The van der Waals surface area contributed by atoms with Gasteiger partial charge in [0, 0.05) is 18.0 Å². The van der Waals surface area contributed by atoms with Gasteiger partial charge in [0.1, 0.15) is 6.61 Å². The second-order valence-corrected chi connectivity index (χ2v) is 2.07. The van der Waals surface area contributed by atoms with Gasteiger partial charge in [0.25, 0.3) is 0 Å². The first-order valence-electron chi connectivity index (χ1n) is 3.35. The molecule has 0 spiro atoms. The van der Waals surface area contributed by atoms with Gasteiger partial charge in [-0.25, -0.2) is 4.79 Å². The lowest BCUT2D eigenvalue weighted by atomic mass is 10.3. The highest BCUT2D eigenvalue weighted by atomic mass is 16.5. The normalized spacial score (nSPS) is 9.00. The molecule has 0 unspecified atom stereocenters. The molecule has 0 N–H and O–H groups in total. The van der Waals surface area contributed by atoms with Crippen molar-refractivity contribution in [3.63, 3.8) is 0 Å². The summed E-state index contributed by atoms with van der Waals surface area (Å²) in [5, 5.41) is 0. The molecule has 0 bridgehead atoms. The molecular weight excluding hydrogens is 156 g/mol. The summed E-state index contributed by atoms with van der Waals surface area (Å²) in [6.45, 7) is 3.22. The van der Waals surface area contributed by atoms with Crippen molar-refractivity contribution in [3.05, 3.63) is 30.1 Å². The van der Waals surface area contributed by atoms with Gasteiger partial charge < -0.3 is 4.74 Å². The van der Waals surface area contributed by atoms with E-state index in [1.54, 1.807) is 18.5 Å². The highest BCUT2D eigenvalue weighted by molar-refractivity contribution is 5.72. The Hall–Kier alpha value is -1.71. The molecule has 0 radical (unpaired) electrons. The van der Waals surface area contributed by atoms with E-state index in [9.17, 15) is 4.79 Å². The number of pyridine rings is 1. The Bertz CT molecular complexity index is 272. The molecule has 1 aromatic heterocycles. The van der Waals surface area contributed by atoms with Crippen LogP contribution in [-0.4, -0.2) is 17.8 Å². The predicted molar refractivity (Wildman–Crippen MR) is 44.0 cm³/mol. The van der Waals surface area contributed by atoms with Crippen LogP contribution in [0.4, 0.5) is 4.79 Å². The summed E-state index contributed by atoms with van der Waals surface area (Å²) in [6.07, 6.45) is 2.60. The monoisotopic (exact) mass is 164 g/mol. The maximum absolute atomic E-state index is 10.5. The third-order valence-corrected chi connectivity index (χ3v) is 1.21. The molecule has 12 heavy (non-hydrogen) atoms. The number of nitrogens with zero attached hydrogens (tertiary/aromatic N) is 2. The lowest BCUT2D eigenvalue weighted by Gasteiger charge is -1.99. The quantitative estimate of drug-likeness (QED) is 0.621. The number of aliphatic imine (C=N–C) groups is 1. The van der Waals surface area contributed by atoms with Crippen LogP contribution < -0.4 is 0 Å². The van der Waals surface area contributed by atoms with Crippen LogP contribution >= 0.6 is 0 Å². The van der Waals surface area contributed by atoms with Crippen LogP contribution in [0, 0.1) is 0 Å². The van der Waals surface area contributed by atoms with E-state index in [2.05, 4.69) is 21.4 Å². The first-order chi connectivity index (χ1) is 5.83. The molecule has 0 saturated heterocycles. The Labute approximate surface area is 69.9 Å². The second kappa shape index (κ2) is 4.23. The van der Waals surface area contributed by atoms with Gasteiger partial charge >= 0.3 is 6.09 Å². The topological polar surface area (TPSA) is 51.5 Å². The lowest BCUT2D eigenvalue weighted by Crippen LogP contribution is -1.98. The Morgan fingerprint density at radius 3 is 3.17 bits per heavy atom. The molecule has 62 valence electrons. The summed E-state index contributed by atoms with van der Waals surface area (Å²) in [7, 11) is 0. The zero-order valence-electron chi connectivity index (χ0n) is 6.43. The van der Waals surface area contributed by atoms with Gasteiger partial charge in [-0.2, -0.15) is 4.99 Å². The van der Waals surface area contributed by atoms with Gasteiger partial charge in [-0.05, 0) is 12.8 Å². The zero-order chi connectivity index (χ0) is 8.81. The average Bonchev–Trinajstić information content (AvgIpc) is 2.16. The molecule has 1 amide bonds. The van der Waals surface area contributed by atoms with Crippen molar-refractivity contribution in [3.8, 4) is 0 Å². The smallest absolute Gasteiger partial charge is 0.433 e. The van der Waals surface area contributed by atoms with Gasteiger partial charge in [-0.3, -0.25) is 4.98 Å². The van der Waals surface area contributed by atoms with Crippen LogP contribution in [0.5, 0.6) is 0 Å². The van der Waals surface area contributed by atoms with Crippen LogP contribution in [0.2, 0.25) is 0 Å². The van der Waals surface area contributed by atoms with Crippen molar-refractivity contribution in [2.75, 3.05) is 0 Å². The van der Waals surface area contributed by atoms with Crippen LogP contribution in [0.3, 0.4) is 0 Å². The summed E-state index contributed by atoms with van der Waals surface area (Å²) < 4.78 is 4.67. The van der Waals surface area contributed by atoms with Crippen LogP contribution in [0.1, 0.15) is 5.56 Å². The maximum Gasteiger partial charge on any atom is 0.433 e. The van der Waals surface area contributed by atoms with E-state index >= 15 is 0 Å². The average molecular weight is 164 g/mol. The van der Waals surface area contributed by atoms with Crippen molar-refractivity contribution in [2.24, 2.45) is 4.99 Å². The van der Waals surface area contributed by atoms with Crippen molar-refractivity contribution < 1.29 is 9.53 Å². The summed E-state index contributed by atoms with van der Waals surface area (Å²) in [5.74, 6) is 0. The van der Waals surface area contributed by atoms with E-state index in [0.717, 1.165) is 5.56 Å². The van der Waals surface area contributed by atoms with E-state index in [4.69, 9.17) is 0 Å². The van der Waals surface area contributed by atoms with Crippen LogP contribution in [0.25, 0.3) is 0 Å². The summed E-state index contributed by atoms with van der Waals surface area (Å²) in [4.78, 5) is 17.4. The van der Waals surface area contributed by atoms with Gasteiger partial charge in [-0.15, -0.1) is 0 Å². The SMILES string of the molecule is C=NC(=O)OCc1cccnc1.